The molecule has 5 nitrogen and oxygen atoms in total. The van der Waals surface area contributed by atoms with Crippen LogP contribution in [0.2, 0.25) is 0 Å². The van der Waals surface area contributed by atoms with Gasteiger partial charge in [0.25, 0.3) is 0 Å². The first-order valence-electron chi connectivity index (χ1n) is 5.54. The van der Waals surface area contributed by atoms with Crippen LogP contribution < -0.4 is 0 Å². The van der Waals surface area contributed by atoms with E-state index >= 15 is 0 Å². The fraction of sp³-hybridized carbons (Fsp3) is 0.417. The van der Waals surface area contributed by atoms with E-state index in [0.717, 1.165) is 11.1 Å². The highest BCUT2D eigenvalue weighted by molar-refractivity contribution is 5.75. The van der Waals surface area contributed by atoms with E-state index < -0.39 is 11.9 Å². The predicted octanol–water partition coefficient (Wildman–Crippen LogP) is 2.09. The Labute approximate surface area is 98.9 Å². The van der Waals surface area contributed by atoms with Crippen molar-refractivity contribution < 1.29 is 9.90 Å². The Kier molecular flexibility index (Phi) is 2.83. The molecule has 0 radical (unpaired) electrons. The smallest absolute Gasteiger partial charge is 0.306 e. The van der Waals surface area contributed by atoms with Crippen LogP contribution in [-0.2, 0) is 4.79 Å². The molecule has 2 unspecified atom stereocenters. The number of carboxylic acid groups (broad SMARTS) is 1. The number of rotatable bonds is 3. The Balaban J connectivity index is 2.43. The summed E-state index contributed by atoms with van der Waals surface area (Å²) in [5.41, 5.74) is 2.58. The Morgan fingerprint density at radius 3 is 2.76 bits per heavy atom. The summed E-state index contributed by atoms with van der Waals surface area (Å²) in [4.78, 5) is 22.6. The Hall–Kier alpha value is -1.91. The Morgan fingerprint density at radius 1 is 1.47 bits per heavy atom. The van der Waals surface area contributed by atoms with Crippen LogP contribution in [0.4, 0.5) is 0 Å². The van der Waals surface area contributed by atoms with Gasteiger partial charge >= 0.3 is 5.97 Å². The zero-order chi connectivity index (χ0) is 12.6. The van der Waals surface area contributed by atoms with Crippen molar-refractivity contribution in [2.45, 2.75) is 26.7 Å². The van der Waals surface area contributed by atoms with Crippen LogP contribution in [0.15, 0.2) is 12.3 Å². The number of nitrogens with zero attached hydrogens (tertiary/aromatic N) is 2. The maximum Gasteiger partial charge on any atom is 0.306 e. The zero-order valence-electron chi connectivity index (χ0n) is 10.1. The SMILES string of the molecule is Cc1ccnc2nc(C(C)C(C)C(=O)O)[nH]c12. The number of aliphatic carboxylic acids is 1. The summed E-state index contributed by atoms with van der Waals surface area (Å²) in [6, 6.07) is 1.90. The fourth-order valence-electron chi connectivity index (χ4n) is 1.72. The van der Waals surface area contributed by atoms with Gasteiger partial charge in [-0.15, -0.1) is 0 Å². The number of H-pyrrole nitrogens is 1. The molecule has 2 rings (SSSR count). The highest BCUT2D eigenvalue weighted by Gasteiger charge is 2.23. The van der Waals surface area contributed by atoms with Crippen LogP contribution >= 0.6 is 0 Å². The van der Waals surface area contributed by atoms with Gasteiger partial charge in [0, 0.05) is 12.1 Å². The normalized spacial score (nSPS) is 14.8. The van der Waals surface area contributed by atoms with E-state index in [1.54, 1.807) is 13.1 Å². The lowest BCUT2D eigenvalue weighted by Gasteiger charge is -2.12. The molecule has 0 saturated carbocycles. The topological polar surface area (TPSA) is 78.9 Å². The summed E-state index contributed by atoms with van der Waals surface area (Å²) >= 11 is 0. The highest BCUT2D eigenvalue weighted by Crippen LogP contribution is 2.24. The Morgan fingerprint density at radius 2 is 2.18 bits per heavy atom. The largest absolute Gasteiger partial charge is 0.481 e. The second-order valence-corrected chi connectivity index (χ2v) is 4.36. The van der Waals surface area contributed by atoms with Crippen LogP contribution in [0.25, 0.3) is 11.2 Å². The number of fused-ring (bicyclic) bond motifs is 1. The average molecular weight is 233 g/mol. The molecule has 0 aliphatic heterocycles. The van der Waals surface area contributed by atoms with Gasteiger partial charge in [0.1, 0.15) is 5.82 Å². The van der Waals surface area contributed by atoms with Crippen molar-refractivity contribution in [1.82, 2.24) is 15.0 Å². The summed E-state index contributed by atoms with van der Waals surface area (Å²) in [5.74, 6) is -0.781. The summed E-state index contributed by atoms with van der Waals surface area (Å²) in [6.07, 6.45) is 1.70. The quantitative estimate of drug-likeness (QED) is 0.850. The molecular formula is C12H15N3O2. The second kappa shape index (κ2) is 4.16. The maximum atomic E-state index is 10.9. The molecule has 0 spiro atoms. The number of nitrogens with one attached hydrogen (secondary N) is 1. The number of hydrogen-bond donors (Lipinski definition) is 2. The van der Waals surface area contributed by atoms with Crippen molar-refractivity contribution in [3.63, 3.8) is 0 Å². The minimum Gasteiger partial charge on any atom is -0.481 e. The van der Waals surface area contributed by atoms with Gasteiger partial charge in [-0.3, -0.25) is 4.79 Å². The van der Waals surface area contributed by atoms with Gasteiger partial charge in [0.2, 0.25) is 0 Å². The van der Waals surface area contributed by atoms with Gasteiger partial charge in [-0.1, -0.05) is 13.8 Å². The maximum absolute atomic E-state index is 10.9. The van der Waals surface area contributed by atoms with E-state index in [-0.39, 0.29) is 5.92 Å². The minimum absolute atomic E-state index is 0.166. The lowest BCUT2D eigenvalue weighted by atomic mass is 9.96. The number of carboxylic acids is 1. The number of aromatic amines is 1. The molecular weight excluding hydrogens is 218 g/mol. The summed E-state index contributed by atoms with van der Waals surface area (Å²) in [7, 11) is 0. The molecule has 2 N–H and O–H groups in total. The monoisotopic (exact) mass is 233 g/mol. The van der Waals surface area contributed by atoms with Crippen molar-refractivity contribution in [1.29, 1.82) is 0 Å². The third-order valence-electron chi connectivity index (χ3n) is 3.19. The lowest BCUT2D eigenvalue weighted by molar-refractivity contribution is -0.141. The van der Waals surface area contributed by atoms with Gasteiger partial charge in [-0.2, -0.15) is 0 Å². The first-order chi connectivity index (χ1) is 8.00. The second-order valence-electron chi connectivity index (χ2n) is 4.36. The minimum atomic E-state index is -0.817. The number of carbonyl (C=O) groups is 1. The number of aryl methyl sites for hydroxylation is 1. The molecule has 0 aromatic carbocycles. The van der Waals surface area contributed by atoms with Gasteiger partial charge in [0.15, 0.2) is 5.65 Å². The molecule has 90 valence electrons. The molecule has 0 bridgehead atoms. The molecule has 2 aromatic heterocycles. The number of hydrogen-bond acceptors (Lipinski definition) is 3. The third-order valence-corrected chi connectivity index (χ3v) is 3.19. The molecule has 2 aromatic rings. The molecule has 0 aliphatic carbocycles. The van der Waals surface area contributed by atoms with Crippen molar-refractivity contribution in [3.8, 4) is 0 Å². The van der Waals surface area contributed by atoms with E-state index in [4.69, 9.17) is 5.11 Å². The van der Waals surface area contributed by atoms with Crippen LogP contribution in [-0.4, -0.2) is 26.0 Å². The molecule has 2 heterocycles. The van der Waals surface area contributed by atoms with Crippen molar-refractivity contribution >= 4 is 17.1 Å². The standard InChI is InChI=1S/C12H15N3O2/c1-6-4-5-13-11-9(6)14-10(15-11)7(2)8(3)12(16)17/h4-5,7-8H,1-3H3,(H,16,17)(H,13,14,15). The summed E-state index contributed by atoms with van der Waals surface area (Å²) < 4.78 is 0. The molecule has 0 amide bonds. The van der Waals surface area contributed by atoms with E-state index in [9.17, 15) is 4.79 Å². The zero-order valence-corrected chi connectivity index (χ0v) is 10.1. The third kappa shape index (κ3) is 2.00. The van der Waals surface area contributed by atoms with E-state index in [1.165, 1.54) is 0 Å². The Bertz CT molecular complexity index is 562. The van der Waals surface area contributed by atoms with E-state index in [0.29, 0.717) is 11.5 Å². The number of pyridine rings is 1. The van der Waals surface area contributed by atoms with E-state index in [1.807, 2.05) is 19.9 Å². The average Bonchev–Trinajstić information content (AvgIpc) is 2.72. The highest BCUT2D eigenvalue weighted by atomic mass is 16.4. The van der Waals surface area contributed by atoms with E-state index in [2.05, 4.69) is 15.0 Å². The molecule has 2 atom stereocenters. The van der Waals surface area contributed by atoms with Gasteiger partial charge < -0.3 is 10.1 Å². The summed E-state index contributed by atoms with van der Waals surface area (Å²) in [6.45, 7) is 5.50. The van der Waals surface area contributed by atoms with Crippen molar-refractivity contribution in [3.05, 3.63) is 23.7 Å². The number of imidazole rings is 1. The molecule has 5 heteroatoms. The molecule has 0 fully saturated rings. The molecule has 17 heavy (non-hydrogen) atoms. The number of aromatic nitrogens is 3. The predicted molar refractivity (Wildman–Crippen MR) is 63.8 cm³/mol. The van der Waals surface area contributed by atoms with Crippen LogP contribution in [0.1, 0.15) is 31.2 Å². The van der Waals surface area contributed by atoms with Crippen LogP contribution in [0.5, 0.6) is 0 Å². The van der Waals surface area contributed by atoms with Crippen LogP contribution in [0.3, 0.4) is 0 Å². The fourth-order valence-corrected chi connectivity index (χ4v) is 1.72. The van der Waals surface area contributed by atoms with Crippen molar-refractivity contribution in [2.75, 3.05) is 0 Å². The van der Waals surface area contributed by atoms with Gasteiger partial charge in [0.05, 0.1) is 11.4 Å². The molecule has 0 aliphatic rings. The van der Waals surface area contributed by atoms with Crippen molar-refractivity contribution in [2.24, 2.45) is 5.92 Å². The summed E-state index contributed by atoms with van der Waals surface area (Å²) in [5, 5.41) is 8.99. The van der Waals surface area contributed by atoms with Gasteiger partial charge in [-0.05, 0) is 18.6 Å². The first-order valence-corrected chi connectivity index (χ1v) is 5.54. The lowest BCUT2D eigenvalue weighted by Crippen LogP contribution is -2.17. The van der Waals surface area contributed by atoms with Gasteiger partial charge in [-0.25, -0.2) is 9.97 Å². The molecule has 0 saturated heterocycles. The first kappa shape index (κ1) is 11.6. The van der Waals surface area contributed by atoms with Crippen LogP contribution in [0, 0.1) is 12.8 Å².